The third-order valence-corrected chi connectivity index (χ3v) is 3.23. The smallest absolute Gasteiger partial charge is 0.303 e. The van der Waals surface area contributed by atoms with Crippen LogP contribution >= 0.6 is 11.3 Å². The third kappa shape index (κ3) is 3.51. The molecule has 1 aromatic rings. The first-order valence-corrected chi connectivity index (χ1v) is 6.02. The summed E-state index contributed by atoms with van der Waals surface area (Å²) in [6, 6.07) is 0. The van der Waals surface area contributed by atoms with Crippen molar-refractivity contribution in [2.75, 3.05) is 11.9 Å². The van der Waals surface area contributed by atoms with Gasteiger partial charge in [0.2, 0.25) is 0 Å². The molecule has 0 amide bonds. The molecule has 15 heavy (non-hydrogen) atoms. The third-order valence-electron chi connectivity index (χ3n) is 2.39. The number of aromatic nitrogens is 1. The molecular formula is C10H14N2O2S. The molecule has 2 N–H and O–H groups in total. The zero-order chi connectivity index (χ0) is 10.7. The highest BCUT2D eigenvalue weighted by Gasteiger charge is 2.20. The molecule has 0 atom stereocenters. The van der Waals surface area contributed by atoms with Gasteiger partial charge in [0.25, 0.3) is 0 Å². The van der Waals surface area contributed by atoms with E-state index in [9.17, 15) is 4.79 Å². The van der Waals surface area contributed by atoms with Crippen molar-refractivity contribution in [1.29, 1.82) is 0 Å². The average molecular weight is 226 g/mol. The van der Waals surface area contributed by atoms with Crippen molar-refractivity contribution >= 4 is 22.4 Å². The second kappa shape index (κ2) is 4.61. The van der Waals surface area contributed by atoms with Crippen molar-refractivity contribution in [3.63, 3.8) is 0 Å². The lowest BCUT2D eigenvalue weighted by atomic mass is 10.2. The number of rotatable bonds is 6. The fraction of sp³-hybridized carbons (Fsp3) is 0.600. The van der Waals surface area contributed by atoms with Crippen molar-refractivity contribution in [1.82, 2.24) is 4.98 Å². The Hall–Kier alpha value is -1.10. The molecular weight excluding hydrogens is 212 g/mol. The van der Waals surface area contributed by atoms with E-state index in [1.165, 1.54) is 12.8 Å². The Morgan fingerprint density at radius 3 is 3.13 bits per heavy atom. The molecule has 1 aliphatic carbocycles. The molecule has 0 saturated heterocycles. The van der Waals surface area contributed by atoms with E-state index in [0.717, 1.165) is 23.3 Å². The van der Waals surface area contributed by atoms with E-state index < -0.39 is 5.97 Å². The van der Waals surface area contributed by atoms with Crippen molar-refractivity contribution in [3.05, 3.63) is 11.1 Å². The number of carboxylic acids is 1. The minimum atomic E-state index is -0.768. The van der Waals surface area contributed by atoms with Crippen LogP contribution in [-0.4, -0.2) is 22.6 Å². The Labute approximate surface area is 92.3 Å². The van der Waals surface area contributed by atoms with Gasteiger partial charge in [-0.1, -0.05) is 0 Å². The van der Waals surface area contributed by atoms with Crippen LogP contribution in [-0.2, 0) is 11.2 Å². The van der Waals surface area contributed by atoms with Crippen molar-refractivity contribution in [2.45, 2.75) is 25.7 Å². The number of hydrogen-bond donors (Lipinski definition) is 2. The Morgan fingerprint density at radius 2 is 2.47 bits per heavy atom. The maximum absolute atomic E-state index is 10.4. The second-order valence-corrected chi connectivity index (χ2v) is 4.72. The summed E-state index contributed by atoms with van der Waals surface area (Å²) in [6.07, 6.45) is 3.33. The Balaban J connectivity index is 1.77. The van der Waals surface area contributed by atoms with Crippen molar-refractivity contribution in [2.24, 2.45) is 5.92 Å². The van der Waals surface area contributed by atoms with Gasteiger partial charge < -0.3 is 10.4 Å². The summed E-state index contributed by atoms with van der Waals surface area (Å²) in [5.41, 5.74) is 0.876. The summed E-state index contributed by atoms with van der Waals surface area (Å²) in [5, 5.41) is 14.6. The Morgan fingerprint density at radius 1 is 1.67 bits per heavy atom. The van der Waals surface area contributed by atoms with Gasteiger partial charge in [0, 0.05) is 18.3 Å². The predicted octanol–water partition coefficient (Wildman–Crippen LogP) is 1.98. The van der Waals surface area contributed by atoms with Crippen LogP contribution in [0.4, 0.5) is 5.13 Å². The van der Waals surface area contributed by atoms with Gasteiger partial charge in [-0.25, -0.2) is 4.98 Å². The predicted molar refractivity (Wildman–Crippen MR) is 59.3 cm³/mol. The molecule has 1 fully saturated rings. The lowest BCUT2D eigenvalue weighted by molar-refractivity contribution is -0.136. The molecule has 1 saturated carbocycles. The van der Waals surface area contributed by atoms with E-state index in [1.54, 1.807) is 11.3 Å². The standard InChI is InChI=1S/C10H14N2O2S/c13-9(14)4-3-8-6-15-10(12-8)11-5-7-1-2-7/h6-7H,1-5H2,(H,11,12)(H,13,14). The Kier molecular flexibility index (Phi) is 3.20. The number of hydrogen-bond acceptors (Lipinski definition) is 4. The highest BCUT2D eigenvalue weighted by molar-refractivity contribution is 7.13. The van der Waals surface area contributed by atoms with Gasteiger partial charge in [0.1, 0.15) is 0 Å². The molecule has 0 aliphatic heterocycles. The molecule has 0 spiro atoms. The minimum Gasteiger partial charge on any atom is -0.481 e. The molecule has 5 heteroatoms. The normalized spacial score (nSPS) is 15.2. The monoisotopic (exact) mass is 226 g/mol. The summed E-state index contributed by atoms with van der Waals surface area (Å²) in [4.78, 5) is 14.7. The number of carboxylic acid groups (broad SMARTS) is 1. The van der Waals surface area contributed by atoms with Gasteiger partial charge >= 0.3 is 5.97 Å². The van der Waals surface area contributed by atoms with Crippen LogP contribution in [0.1, 0.15) is 25.0 Å². The molecule has 2 rings (SSSR count). The number of thiazole rings is 1. The number of nitrogens with zero attached hydrogens (tertiary/aromatic N) is 1. The van der Waals surface area contributed by atoms with Crippen molar-refractivity contribution in [3.8, 4) is 0 Å². The van der Waals surface area contributed by atoms with Gasteiger partial charge in [-0.3, -0.25) is 4.79 Å². The second-order valence-electron chi connectivity index (χ2n) is 3.86. The molecule has 1 heterocycles. The number of aryl methyl sites for hydroxylation is 1. The van der Waals surface area contributed by atoms with Gasteiger partial charge in [0.15, 0.2) is 5.13 Å². The number of aliphatic carboxylic acids is 1. The summed E-state index contributed by atoms with van der Waals surface area (Å²) >= 11 is 1.56. The fourth-order valence-electron chi connectivity index (χ4n) is 1.29. The van der Waals surface area contributed by atoms with E-state index in [0.29, 0.717) is 6.42 Å². The molecule has 4 nitrogen and oxygen atoms in total. The highest BCUT2D eigenvalue weighted by atomic mass is 32.1. The van der Waals surface area contributed by atoms with Crippen LogP contribution < -0.4 is 5.32 Å². The topological polar surface area (TPSA) is 62.2 Å². The molecule has 0 unspecified atom stereocenters. The summed E-state index contributed by atoms with van der Waals surface area (Å²) in [7, 11) is 0. The lowest BCUT2D eigenvalue weighted by Crippen LogP contribution is -2.03. The van der Waals surface area contributed by atoms with Crippen LogP contribution in [0.5, 0.6) is 0 Å². The number of carbonyl (C=O) groups is 1. The van der Waals surface area contributed by atoms with Gasteiger partial charge in [-0.15, -0.1) is 11.3 Å². The largest absolute Gasteiger partial charge is 0.481 e. The van der Waals surface area contributed by atoms with E-state index in [-0.39, 0.29) is 6.42 Å². The van der Waals surface area contributed by atoms with E-state index >= 15 is 0 Å². The van der Waals surface area contributed by atoms with E-state index in [4.69, 9.17) is 5.11 Å². The fourth-order valence-corrected chi connectivity index (χ4v) is 2.05. The Bertz CT molecular complexity index is 347. The maximum Gasteiger partial charge on any atom is 0.303 e. The molecule has 1 aromatic heterocycles. The van der Waals surface area contributed by atoms with Crippen LogP contribution in [0, 0.1) is 5.92 Å². The summed E-state index contributed by atoms with van der Waals surface area (Å²) in [5.74, 6) is 0.0619. The molecule has 0 bridgehead atoms. The zero-order valence-electron chi connectivity index (χ0n) is 8.40. The van der Waals surface area contributed by atoms with Crippen molar-refractivity contribution < 1.29 is 9.90 Å². The molecule has 82 valence electrons. The van der Waals surface area contributed by atoms with Gasteiger partial charge in [-0.05, 0) is 18.8 Å². The number of nitrogens with one attached hydrogen (secondary N) is 1. The quantitative estimate of drug-likeness (QED) is 0.778. The molecule has 1 aliphatic rings. The molecule has 0 radical (unpaired) electrons. The van der Waals surface area contributed by atoms with Gasteiger partial charge in [-0.2, -0.15) is 0 Å². The van der Waals surface area contributed by atoms with Crippen LogP contribution in [0.25, 0.3) is 0 Å². The number of anilines is 1. The van der Waals surface area contributed by atoms with Crippen LogP contribution in [0.2, 0.25) is 0 Å². The zero-order valence-corrected chi connectivity index (χ0v) is 9.22. The van der Waals surface area contributed by atoms with Gasteiger partial charge in [0.05, 0.1) is 12.1 Å². The summed E-state index contributed by atoms with van der Waals surface area (Å²) in [6.45, 7) is 1.01. The first-order valence-electron chi connectivity index (χ1n) is 5.14. The molecule has 0 aromatic carbocycles. The van der Waals surface area contributed by atoms with E-state index in [1.807, 2.05) is 5.38 Å². The van der Waals surface area contributed by atoms with E-state index in [2.05, 4.69) is 10.3 Å². The average Bonchev–Trinajstić information content (AvgIpc) is 2.92. The highest BCUT2D eigenvalue weighted by Crippen LogP contribution is 2.29. The van der Waals surface area contributed by atoms with Crippen LogP contribution in [0.3, 0.4) is 0 Å². The maximum atomic E-state index is 10.4. The SMILES string of the molecule is O=C(O)CCc1csc(NCC2CC2)n1. The summed E-state index contributed by atoms with van der Waals surface area (Å²) < 4.78 is 0. The minimum absolute atomic E-state index is 0.159. The first-order chi connectivity index (χ1) is 7.24. The van der Waals surface area contributed by atoms with Crippen LogP contribution in [0.15, 0.2) is 5.38 Å². The first kappa shape index (κ1) is 10.4. The lowest BCUT2D eigenvalue weighted by Gasteiger charge is -1.98.